The van der Waals surface area contributed by atoms with Crippen LogP contribution in [0.3, 0.4) is 0 Å². The molecule has 2 saturated heterocycles. The lowest BCUT2D eigenvalue weighted by molar-refractivity contribution is -0.0104. The van der Waals surface area contributed by atoms with E-state index < -0.39 is 0 Å². The second kappa shape index (κ2) is 4.86. The Labute approximate surface area is 90.8 Å². The van der Waals surface area contributed by atoms with Crippen molar-refractivity contribution in [3.05, 3.63) is 0 Å². The van der Waals surface area contributed by atoms with Crippen molar-refractivity contribution in [1.82, 2.24) is 5.32 Å². The molecule has 2 nitrogen and oxygen atoms in total. The lowest BCUT2D eigenvalue weighted by atomic mass is 9.82. The molecule has 2 rings (SSSR count). The van der Waals surface area contributed by atoms with Gasteiger partial charge in [0.15, 0.2) is 0 Å². The zero-order chi connectivity index (χ0) is 9.86. The van der Waals surface area contributed by atoms with E-state index in [2.05, 4.69) is 17.1 Å². The number of aliphatic hydroxyl groups is 1. The Hall–Kier alpha value is 0.270. The standard InChI is InChI=1S/C11H21NOS/c13-11(3-5-12-6-4-11)8-10-2-1-7-14-9-10/h10,12-13H,1-9H2. The summed E-state index contributed by atoms with van der Waals surface area (Å²) in [6, 6.07) is 0. The van der Waals surface area contributed by atoms with Crippen LogP contribution in [-0.2, 0) is 0 Å². The van der Waals surface area contributed by atoms with Crippen molar-refractivity contribution < 1.29 is 5.11 Å². The van der Waals surface area contributed by atoms with E-state index in [4.69, 9.17) is 0 Å². The van der Waals surface area contributed by atoms with Crippen molar-refractivity contribution in [2.24, 2.45) is 5.92 Å². The van der Waals surface area contributed by atoms with Gasteiger partial charge in [-0.2, -0.15) is 11.8 Å². The molecule has 0 aromatic rings. The van der Waals surface area contributed by atoms with Crippen LogP contribution in [0, 0.1) is 5.92 Å². The minimum absolute atomic E-state index is 0.339. The summed E-state index contributed by atoms with van der Waals surface area (Å²) in [5.41, 5.74) is -0.339. The highest BCUT2D eigenvalue weighted by atomic mass is 32.2. The third-order valence-corrected chi connectivity index (χ3v) is 4.74. The van der Waals surface area contributed by atoms with Gasteiger partial charge in [-0.15, -0.1) is 0 Å². The molecule has 0 aliphatic carbocycles. The van der Waals surface area contributed by atoms with E-state index in [-0.39, 0.29) is 5.60 Å². The minimum atomic E-state index is -0.339. The monoisotopic (exact) mass is 215 g/mol. The number of rotatable bonds is 2. The summed E-state index contributed by atoms with van der Waals surface area (Å²) >= 11 is 2.06. The van der Waals surface area contributed by atoms with Gasteiger partial charge in [-0.05, 0) is 62.6 Å². The Morgan fingerprint density at radius 3 is 2.79 bits per heavy atom. The van der Waals surface area contributed by atoms with Gasteiger partial charge < -0.3 is 10.4 Å². The molecular formula is C11H21NOS. The van der Waals surface area contributed by atoms with Gasteiger partial charge in [0.25, 0.3) is 0 Å². The summed E-state index contributed by atoms with van der Waals surface area (Å²) in [6.45, 7) is 1.99. The van der Waals surface area contributed by atoms with Crippen LogP contribution in [0.25, 0.3) is 0 Å². The van der Waals surface area contributed by atoms with Crippen LogP contribution in [-0.4, -0.2) is 35.3 Å². The molecule has 3 heteroatoms. The Morgan fingerprint density at radius 2 is 2.14 bits per heavy atom. The van der Waals surface area contributed by atoms with Gasteiger partial charge in [-0.3, -0.25) is 0 Å². The molecule has 2 fully saturated rings. The summed E-state index contributed by atoms with van der Waals surface area (Å²) < 4.78 is 0. The van der Waals surface area contributed by atoms with E-state index in [1.54, 1.807) is 0 Å². The van der Waals surface area contributed by atoms with Crippen molar-refractivity contribution in [2.45, 2.75) is 37.7 Å². The summed E-state index contributed by atoms with van der Waals surface area (Å²) in [5, 5.41) is 13.7. The van der Waals surface area contributed by atoms with Crippen LogP contribution >= 0.6 is 11.8 Å². The summed E-state index contributed by atoms with van der Waals surface area (Å²) in [7, 11) is 0. The van der Waals surface area contributed by atoms with Crippen molar-refractivity contribution in [2.75, 3.05) is 24.6 Å². The second-order valence-electron chi connectivity index (χ2n) is 4.76. The predicted octanol–water partition coefficient (Wildman–Crippen LogP) is 1.63. The summed E-state index contributed by atoms with van der Waals surface area (Å²) in [5.74, 6) is 3.38. The van der Waals surface area contributed by atoms with Gasteiger partial charge in [0.05, 0.1) is 5.60 Å². The Morgan fingerprint density at radius 1 is 1.36 bits per heavy atom. The van der Waals surface area contributed by atoms with Crippen molar-refractivity contribution >= 4 is 11.8 Å². The lowest BCUT2D eigenvalue weighted by Crippen LogP contribution is -2.43. The third-order valence-electron chi connectivity index (χ3n) is 3.46. The summed E-state index contributed by atoms with van der Waals surface area (Å²) in [4.78, 5) is 0. The van der Waals surface area contributed by atoms with Crippen LogP contribution in [0.5, 0.6) is 0 Å². The first-order valence-corrected chi connectivity index (χ1v) is 6.95. The SMILES string of the molecule is OC1(CC2CCCSC2)CCNCC1. The fourth-order valence-electron chi connectivity index (χ4n) is 2.60. The molecule has 0 saturated carbocycles. The van der Waals surface area contributed by atoms with Gasteiger partial charge >= 0.3 is 0 Å². The van der Waals surface area contributed by atoms with E-state index >= 15 is 0 Å². The normalized spacial score (nSPS) is 32.8. The number of hydrogen-bond donors (Lipinski definition) is 2. The fraction of sp³-hybridized carbons (Fsp3) is 1.00. The first kappa shape index (κ1) is 10.8. The smallest absolute Gasteiger partial charge is 0.0674 e. The minimum Gasteiger partial charge on any atom is -0.390 e. The van der Waals surface area contributed by atoms with Gasteiger partial charge in [0, 0.05) is 0 Å². The van der Waals surface area contributed by atoms with Gasteiger partial charge in [0.2, 0.25) is 0 Å². The van der Waals surface area contributed by atoms with Crippen molar-refractivity contribution in [1.29, 1.82) is 0 Å². The molecule has 1 unspecified atom stereocenters. The maximum Gasteiger partial charge on any atom is 0.0674 e. The molecule has 0 aromatic heterocycles. The Balaban J connectivity index is 1.81. The van der Waals surface area contributed by atoms with Crippen LogP contribution in [0.1, 0.15) is 32.1 Å². The van der Waals surface area contributed by atoms with Crippen molar-refractivity contribution in [3.8, 4) is 0 Å². The lowest BCUT2D eigenvalue weighted by Gasteiger charge is -2.36. The van der Waals surface area contributed by atoms with E-state index in [1.165, 1.54) is 24.3 Å². The molecule has 2 aliphatic heterocycles. The highest BCUT2D eigenvalue weighted by Gasteiger charge is 2.32. The van der Waals surface area contributed by atoms with Crippen LogP contribution in [0.4, 0.5) is 0 Å². The van der Waals surface area contributed by atoms with Crippen LogP contribution < -0.4 is 5.32 Å². The zero-order valence-electron chi connectivity index (χ0n) is 8.80. The quantitative estimate of drug-likeness (QED) is 0.734. The number of hydrogen-bond acceptors (Lipinski definition) is 3. The molecule has 0 bridgehead atoms. The first-order chi connectivity index (χ1) is 6.79. The largest absolute Gasteiger partial charge is 0.390 e. The molecule has 82 valence electrons. The first-order valence-electron chi connectivity index (χ1n) is 5.79. The zero-order valence-corrected chi connectivity index (χ0v) is 9.61. The highest BCUT2D eigenvalue weighted by molar-refractivity contribution is 7.99. The molecule has 2 aliphatic rings. The molecule has 2 heterocycles. The molecule has 14 heavy (non-hydrogen) atoms. The third kappa shape index (κ3) is 2.88. The Bertz CT molecular complexity index is 174. The van der Waals surface area contributed by atoms with Gasteiger partial charge in [-0.25, -0.2) is 0 Å². The van der Waals surface area contributed by atoms with Crippen LogP contribution in [0.15, 0.2) is 0 Å². The summed E-state index contributed by atoms with van der Waals surface area (Å²) in [6.07, 6.45) is 5.64. The molecule has 0 aromatic carbocycles. The fourth-order valence-corrected chi connectivity index (χ4v) is 3.76. The van der Waals surface area contributed by atoms with E-state index in [9.17, 15) is 5.11 Å². The maximum atomic E-state index is 10.4. The van der Waals surface area contributed by atoms with E-state index in [0.717, 1.165) is 38.3 Å². The van der Waals surface area contributed by atoms with E-state index in [1.807, 2.05) is 0 Å². The second-order valence-corrected chi connectivity index (χ2v) is 5.91. The Kier molecular flexibility index (Phi) is 3.74. The van der Waals surface area contributed by atoms with Crippen LogP contribution in [0.2, 0.25) is 0 Å². The van der Waals surface area contributed by atoms with E-state index in [0.29, 0.717) is 0 Å². The molecular weight excluding hydrogens is 194 g/mol. The number of thioether (sulfide) groups is 1. The molecule has 2 N–H and O–H groups in total. The number of piperidine rings is 1. The number of nitrogens with one attached hydrogen (secondary N) is 1. The van der Waals surface area contributed by atoms with Gasteiger partial charge in [0.1, 0.15) is 0 Å². The molecule has 0 spiro atoms. The maximum absolute atomic E-state index is 10.4. The molecule has 0 radical (unpaired) electrons. The molecule has 0 amide bonds. The predicted molar refractivity (Wildman–Crippen MR) is 61.7 cm³/mol. The average molecular weight is 215 g/mol. The topological polar surface area (TPSA) is 32.3 Å². The highest BCUT2D eigenvalue weighted by Crippen LogP contribution is 2.33. The van der Waals surface area contributed by atoms with Crippen molar-refractivity contribution in [3.63, 3.8) is 0 Å². The van der Waals surface area contributed by atoms with Gasteiger partial charge in [-0.1, -0.05) is 0 Å². The molecule has 1 atom stereocenters. The average Bonchev–Trinajstić information content (AvgIpc) is 2.19.